The van der Waals surface area contributed by atoms with Crippen LogP contribution >= 0.6 is 7.82 Å². The molecule has 6 N–H and O–H groups in total. The van der Waals surface area contributed by atoms with E-state index in [1.165, 1.54) is 0 Å². The monoisotopic (exact) mass is 530 g/mol. The van der Waals surface area contributed by atoms with Gasteiger partial charge in [0.15, 0.2) is 6.10 Å². The first-order chi connectivity index (χ1) is 16.4. The number of carbonyl (C=O) groups excluding carboxylic acids is 2. The molecule has 6 unspecified atom stereocenters. The fourth-order valence-electron chi connectivity index (χ4n) is 3.38. The highest BCUT2D eigenvalue weighted by molar-refractivity contribution is 7.47. The molecule has 1 saturated carbocycles. The minimum absolute atomic E-state index is 0.0922. The summed E-state index contributed by atoms with van der Waals surface area (Å²) in [6, 6.07) is 0. The molecule has 6 atom stereocenters. The van der Waals surface area contributed by atoms with Crippen molar-refractivity contribution in [3.63, 3.8) is 0 Å². The Morgan fingerprint density at radius 1 is 0.771 bits per heavy atom. The average Bonchev–Trinajstić information content (AvgIpc) is 2.81. The van der Waals surface area contributed by atoms with Crippen LogP contribution in [0.5, 0.6) is 0 Å². The van der Waals surface area contributed by atoms with Gasteiger partial charge in [0.2, 0.25) is 0 Å². The van der Waals surface area contributed by atoms with Crippen LogP contribution in [0.1, 0.15) is 65.2 Å². The quantitative estimate of drug-likeness (QED) is 0.0877. The molecule has 0 aromatic heterocycles. The molecule has 0 amide bonds. The minimum atomic E-state index is -5.06. The Morgan fingerprint density at radius 3 is 1.91 bits per heavy atom. The van der Waals surface area contributed by atoms with Crippen LogP contribution < -0.4 is 0 Å². The Labute approximate surface area is 204 Å². The Bertz CT molecular complexity index is 674. The number of hydrogen-bond donors (Lipinski definition) is 6. The Balaban J connectivity index is 2.72. The van der Waals surface area contributed by atoms with Gasteiger partial charge in [0, 0.05) is 12.8 Å². The molecule has 0 radical (unpaired) electrons. The second-order valence-electron chi connectivity index (χ2n) is 8.50. The molecule has 0 aliphatic heterocycles. The largest absolute Gasteiger partial charge is 0.472 e. The SMILES string of the molecule is CCCCCCCC(=O)OC(COC(=O)CCC)COP(=O)(O)OC1C(O)C(O)C(O)C(O)C1O. The first-order valence-electron chi connectivity index (χ1n) is 11.8. The summed E-state index contributed by atoms with van der Waals surface area (Å²) < 4.78 is 32.2. The summed E-state index contributed by atoms with van der Waals surface area (Å²) in [5, 5.41) is 49.0. The first-order valence-corrected chi connectivity index (χ1v) is 13.3. The van der Waals surface area contributed by atoms with Crippen molar-refractivity contribution in [2.24, 2.45) is 0 Å². The molecule has 1 fully saturated rings. The summed E-state index contributed by atoms with van der Waals surface area (Å²) in [5.74, 6) is -1.18. The van der Waals surface area contributed by atoms with E-state index < -0.39 is 75.7 Å². The van der Waals surface area contributed by atoms with Crippen molar-refractivity contribution < 1.29 is 63.1 Å². The van der Waals surface area contributed by atoms with Gasteiger partial charge in [-0.3, -0.25) is 18.6 Å². The average molecular weight is 531 g/mol. The molecule has 35 heavy (non-hydrogen) atoms. The minimum Gasteiger partial charge on any atom is -0.462 e. The lowest BCUT2D eigenvalue weighted by atomic mass is 9.85. The van der Waals surface area contributed by atoms with Gasteiger partial charge in [0.1, 0.15) is 43.2 Å². The maximum atomic E-state index is 12.4. The van der Waals surface area contributed by atoms with E-state index in [-0.39, 0.29) is 12.8 Å². The molecule has 0 saturated heterocycles. The van der Waals surface area contributed by atoms with Gasteiger partial charge in [-0.1, -0.05) is 39.5 Å². The van der Waals surface area contributed by atoms with Gasteiger partial charge in [-0.15, -0.1) is 0 Å². The third kappa shape index (κ3) is 11.2. The van der Waals surface area contributed by atoms with Crippen LogP contribution in [0.15, 0.2) is 0 Å². The number of rotatable bonds is 16. The van der Waals surface area contributed by atoms with Crippen LogP contribution in [-0.2, 0) is 32.7 Å². The molecular formula is C21H39O13P. The van der Waals surface area contributed by atoms with E-state index in [9.17, 15) is 44.6 Å². The van der Waals surface area contributed by atoms with Crippen LogP contribution in [0.2, 0.25) is 0 Å². The third-order valence-corrected chi connectivity index (χ3v) is 6.40. The zero-order valence-electron chi connectivity index (χ0n) is 20.1. The van der Waals surface area contributed by atoms with E-state index in [2.05, 4.69) is 6.92 Å². The summed E-state index contributed by atoms with van der Waals surface area (Å²) in [6.45, 7) is 2.65. The lowest BCUT2D eigenvalue weighted by molar-refractivity contribution is -0.220. The van der Waals surface area contributed by atoms with Crippen molar-refractivity contribution in [2.45, 2.75) is 108 Å². The number of phosphoric acid groups is 1. The topological polar surface area (TPSA) is 210 Å². The fraction of sp³-hybridized carbons (Fsp3) is 0.905. The third-order valence-electron chi connectivity index (χ3n) is 5.42. The van der Waals surface area contributed by atoms with Gasteiger partial charge >= 0.3 is 19.8 Å². The number of phosphoric ester groups is 1. The van der Waals surface area contributed by atoms with Gasteiger partial charge in [-0.25, -0.2) is 4.57 Å². The van der Waals surface area contributed by atoms with Crippen LogP contribution in [0, 0.1) is 0 Å². The van der Waals surface area contributed by atoms with Crippen molar-refractivity contribution in [3.05, 3.63) is 0 Å². The molecule has 0 aromatic carbocycles. The number of esters is 2. The molecule has 0 bridgehead atoms. The van der Waals surface area contributed by atoms with E-state index in [1.807, 2.05) is 0 Å². The molecule has 0 aromatic rings. The Kier molecular flexibility index (Phi) is 14.4. The lowest BCUT2D eigenvalue weighted by Crippen LogP contribution is -2.64. The van der Waals surface area contributed by atoms with Gasteiger partial charge in [0.05, 0.1) is 6.61 Å². The van der Waals surface area contributed by atoms with E-state index in [1.54, 1.807) is 6.92 Å². The fourth-order valence-corrected chi connectivity index (χ4v) is 4.35. The molecule has 1 aliphatic carbocycles. The van der Waals surface area contributed by atoms with Gasteiger partial charge in [-0.05, 0) is 12.8 Å². The van der Waals surface area contributed by atoms with Gasteiger partial charge < -0.3 is 39.9 Å². The van der Waals surface area contributed by atoms with Crippen molar-refractivity contribution in [1.29, 1.82) is 0 Å². The van der Waals surface area contributed by atoms with Crippen molar-refractivity contribution >= 4 is 19.8 Å². The predicted molar refractivity (Wildman–Crippen MR) is 120 cm³/mol. The highest BCUT2D eigenvalue weighted by Crippen LogP contribution is 2.47. The summed E-state index contributed by atoms with van der Waals surface area (Å²) in [7, 11) is -5.06. The zero-order valence-corrected chi connectivity index (χ0v) is 21.0. The van der Waals surface area contributed by atoms with E-state index in [0.717, 1.165) is 25.7 Å². The highest BCUT2D eigenvalue weighted by atomic mass is 31.2. The molecule has 1 aliphatic rings. The molecule has 1 rings (SSSR count). The van der Waals surface area contributed by atoms with E-state index >= 15 is 0 Å². The van der Waals surface area contributed by atoms with Crippen molar-refractivity contribution in [1.82, 2.24) is 0 Å². The number of aliphatic hydroxyl groups excluding tert-OH is 5. The predicted octanol–water partition coefficient (Wildman–Crippen LogP) is -0.0777. The molecular weight excluding hydrogens is 491 g/mol. The molecule has 13 nitrogen and oxygen atoms in total. The van der Waals surface area contributed by atoms with Gasteiger partial charge in [-0.2, -0.15) is 0 Å². The summed E-state index contributed by atoms with van der Waals surface area (Å²) in [6.07, 6.45) is -7.93. The Morgan fingerprint density at radius 2 is 1.34 bits per heavy atom. The molecule has 14 heteroatoms. The lowest BCUT2D eigenvalue weighted by Gasteiger charge is -2.41. The second kappa shape index (κ2) is 15.9. The number of aliphatic hydroxyl groups is 5. The van der Waals surface area contributed by atoms with Crippen LogP contribution in [0.4, 0.5) is 0 Å². The summed E-state index contributed by atoms with van der Waals surface area (Å²) in [4.78, 5) is 33.9. The second-order valence-corrected chi connectivity index (χ2v) is 9.90. The molecule has 206 valence electrons. The normalized spacial score (nSPS) is 29.3. The van der Waals surface area contributed by atoms with E-state index in [4.69, 9.17) is 18.5 Å². The van der Waals surface area contributed by atoms with Crippen LogP contribution in [0.25, 0.3) is 0 Å². The molecule has 0 heterocycles. The number of unbranched alkanes of at least 4 members (excludes halogenated alkanes) is 4. The summed E-state index contributed by atoms with van der Waals surface area (Å²) >= 11 is 0. The number of carbonyl (C=O) groups is 2. The van der Waals surface area contributed by atoms with Crippen molar-refractivity contribution in [3.8, 4) is 0 Å². The number of ether oxygens (including phenoxy) is 2. The van der Waals surface area contributed by atoms with Crippen LogP contribution in [0.3, 0.4) is 0 Å². The maximum Gasteiger partial charge on any atom is 0.472 e. The number of hydrogen-bond acceptors (Lipinski definition) is 12. The first kappa shape index (κ1) is 31.9. The smallest absolute Gasteiger partial charge is 0.462 e. The maximum absolute atomic E-state index is 12.4. The highest BCUT2D eigenvalue weighted by Gasteiger charge is 2.51. The van der Waals surface area contributed by atoms with Gasteiger partial charge in [0.25, 0.3) is 0 Å². The Hall–Kier alpha value is -1.15. The standard InChI is InChI=1S/C21H39O13P/c1-3-5-6-7-8-10-15(23)33-13(11-31-14(22)9-4-2)12-32-35(29,30)34-21-19(27)17(25)16(24)18(26)20(21)28/h13,16-21,24-28H,3-12H2,1-2H3,(H,29,30). The summed E-state index contributed by atoms with van der Waals surface area (Å²) in [5.41, 5.74) is 0. The zero-order chi connectivity index (χ0) is 26.6. The van der Waals surface area contributed by atoms with E-state index in [0.29, 0.717) is 12.8 Å². The van der Waals surface area contributed by atoms with Crippen LogP contribution in [-0.4, -0.2) is 98.3 Å². The van der Waals surface area contributed by atoms with Crippen molar-refractivity contribution in [2.75, 3.05) is 13.2 Å². The molecule has 0 spiro atoms.